The Labute approximate surface area is 152 Å². The summed E-state index contributed by atoms with van der Waals surface area (Å²) in [6.45, 7) is 4.27. The third kappa shape index (κ3) is 2.84. The van der Waals surface area contributed by atoms with Crippen LogP contribution in [0.5, 0.6) is 0 Å². The van der Waals surface area contributed by atoms with E-state index in [1.54, 1.807) is 6.20 Å². The number of rotatable bonds is 4. The van der Waals surface area contributed by atoms with Crippen molar-refractivity contribution in [3.63, 3.8) is 0 Å². The lowest BCUT2D eigenvalue weighted by Gasteiger charge is -2.44. The summed E-state index contributed by atoms with van der Waals surface area (Å²) in [4.78, 5) is 11.5. The summed E-state index contributed by atoms with van der Waals surface area (Å²) in [6.07, 6.45) is 10.4. The topological polar surface area (TPSA) is 60.0 Å². The Morgan fingerprint density at radius 3 is 2.85 bits per heavy atom. The quantitative estimate of drug-likeness (QED) is 0.724. The summed E-state index contributed by atoms with van der Waals surface area (Å²) in [7, 11) is 0. The van der Waals surface area contributed by atoms with E-state index in [0.717, 1.165) is 37.4 Å². The molecule has 2 fully saturated rings. The van der Waals surface area contributed by atoms with E-state index in [-0.39, 0.29) is 5.41 Å². The first-order valence-electron chi connectivity index (χ1n) is 9.42. The number of hydrogen-bond acceptors (Lipinski definition) is 5. The molecule has 2 aliphatic rings. The van der Waals surface area contributed by atoms with Crippen LogP contribution in [0.4, 0.5) is 0 Å². The Bertz CT molecular complexity index is 875. The van der Waals surface area contributed by atoms with Crippen molar-refractivity contribution in [2.75, 3.05) is 19.6 Å². The lowest BCUT2D eigenvalue weighted by molar-refractivity contribution is 0.0711. The fraction of sp³-hybridized carbons (Fsp3) is 0.450. The molecule has 2 aromatic heterocycles. The van der Waals surface area contributed by atoms with Gasteiger partial charge in [0.2, 0.25) is 11.7 Å². The van der Waals surface area contributed by atoms with Crippen molar-refractivity contribution in [2.24, 2.45) is 0 Å². The molecule has 3 aromatic rings. The van der Waals surface area contributed by atoms with Crippen LogP contribution in [0.2, 0.25) is 0 Å². The SMILES string of the molecule is c1cc(Cn2ccnc2)cc(-c2noc(C34CCCN(CCC3)C4)n2)c1. The second-order valence-electron chi connectivity index (χ2n) is 7.62. The van der Waals surface area contributed by atoms with Crippen molar-refractivity contribution in [2.45, 2.75) is 37.6 Å². The maximum absolute atomic E-state index is 5.78. The van der Waals surface area contributed by atoms with Gasteiger partial charge in [-0.15, -0.1) is 0 Å². The van der Waals surface area contributed by atoms with Crippen molar-refractivity contribution in [3.05, 3.63) is 54.4 Å². The number of nitrogens with zero attached hydrogens (tertiary/aromatic N) is 5. The van der Waals surface area contributed by atoms with Crippen LogP contribution in [0.25, 0.3) is 11.4 Å². The first kappa shape index (κ1) is 15.8. The Morgan fingerprint density at radius 1 is 1.15 bits per heavy atom. The highest BCUT2D eigenvalue weighted by Gasteiger charge is 2.44. The molecule has 2 saturated heterocycles. The van der Waals surface area contributed by atoms with Gasteiger partial charge in [0.1, 0.15) is 0 Å². The van der Waals surface area contributed by atoms with Gasteiger partial charge < -0.3 is 14.0 Å². The molecule has 0 atom stereocenters. The smallest absolute Gasteiger partial charge is 0.234 e. The summed E-state index contributed by atoms with van der Waals surface area (Å²) in [5.74, 6) is 1.53. The monoisotopic (exact) mass is 349 g/mol. The fourth-order valence-corrected chi connectivity index (χ4v) is 4.50. The third-order valence-electron chi connectivity index (χ3n) is 5.77. The number of fused-ring (bicyclic) bond motifs is 2. The van der Waals surface area contributed by atoms with Gasteiger partial charge in [0.25, 0.3) is 0 Å². The summed E-state index contributed by atoms with van der Waals surface area (Å²) < 4.78 is 7.83. The maximum atomic E-state index is 5.78. The van der Waals surface area contributed by atoms with E-state index in [2.05, 4.69) is 43.9 Å². The summed E-state index contributed by atoms with van der Waals surface area (Å²) >= 11 is 0. The highest BCUT2D eigenvalue weighted by molar-refractivity contribution is 5.55. The fourth-order valence-electron chi connectivity index (χ4n) is 4.50. The molecular formula is C20H23N5O. The summed E-state index contributed by atoms with van der Waals surface area (Å²) in [6, 6.07) is 8.36. The summed E-state index contributed by atoms with van der Waals surface area (Å²) in [5, 5.41) is 4.32. The molecule has 26 heavy (non-hydrogen) atoms. The molecule has 0 N–H and O–H groups in total. The molecule has 6 heteroatoms. The Morgan fingerprint density at radius 2 is 2.04 bits per heavy atom. The molecule has 134 valence electrons. The van der Waals surface area contributed by atoms with E-state index < -0.39 is 0 Å². The van der Waals surface area contributed by atoms with Gasteiger partial charge in [0.15, 0.2) is 0 Å². The van der Waals surface area contributed by atoms with Gasteiger partial charge in [-0.05, 0) is 50.4 Å². The Hall–Kier alpha value is -2.47. The van der Waals surface area contributed by atoms with E-state index in [1.807, 2.05) is 12.5 Å². The van der Waals surface area contributed by atoms with Crippen molar-refractivity contribution in [1.82, 2.24) is 24.6 Å². The van der Waals surface area contributed by atoms with Crippen LogP contribution in [0.1, 0.15) is 37.1 Å². The minimum absolute atomic E-state index is 0.0656. The molecule has 0 unspecified atom stereocenters. The van der Waals surface area contributed by atoms with Crippen molar-refractivity contribution in [3.8, 4) is 11.4 Å². The number of aromatic nitrogens is 4. The largest absolute Gasteiger partial charge is 0.338 e. The number of hydrogen-bond donors (Lipinski definition) is 0. The average Bonchev–Trinajstić information content (AvgIpc) is 3.34. The number of benzene rings is 1. The lowest BCUT2D eigenvalue weighted by Crippen LogP contribution is -2.50. The molecule has 0 amide bonds. The Kier molecular flexibility index (Phi) is 3.85. The molecule has 0 saturated carbocycles. The number of piperidine rings is 2. The van der Waals surface area contributed by atoms with Gasteiger partial charge in [-0.25, -0.2) is 4.98 Å². The van der Waals surface area contributed by atoms with Crippen LogP contribution in [0, 0.1) is 0 Å². The predicted molar refractivity (Wildman–Crippen MR) is 97.6 cm³/mol. The molecule has 2 aliphatic heterocycles. The van der Waals surface area contributed by atoms with Gasteiger partial charge in [-0.1, -0.05) is 23.4 Å². The molecule has 0 spiro atoms. The van der Waals surface area contributed by atoms with Gasteiger partial charge in [-0.2, -0.15) is 4.98 Å². The Balaban J connectivity index is 1.41. The van der Waals surface area contributed by atoms with Gasteiger partial charge in [0.05, 0.1) is 11.7 Å². The molecule has 2 bridgehead atoms. The summed E-state index contributed by atoms with van der Waals surface area (Å²) in [5.41, 5.74) is 2.28. The first-order chi connectivity index (χ1) is 12.8. The molecule has 5 rings (SSSR count). The van der Waals surface area contributed by atoms with Crippen molar-refractivity contribution in [1.29, 1.82) is 0 Å². The molecule has 4 heterocycles. The highest BCUT2D eigenvalue weighted by Crippen LogP contribution is 2.40. The minimum Gasteiger partial charge on any atom is -0.338 e. The van der Waals surface area contributed by atoms with Crippen LogP contribution in [0.15, 0.2) is 47.5 Å². The average molecular weight is 349 g/mol. The maximum Gasteiger partial charge on any atom is 0.234 e. The molecule has 0 aliphatic carbocycles. The van der Waals surface area contributed by atoms with Gasteiger partial charge >= 0.3 is 0 Å². The minimum atomic E-state index is 0.0656. The normalized spacial score (nSPS) is 25.3. The van der Waals surface area contributed by atoms with E-state index in [0.29, 0.717) is 5.82 Å². The van der Waals surface area contributed by atoms with Crippen LogP contribution in [-0.4, -0.2) is 44.2 Å². The molecule has 6 nitrogen and oxygen atoms in total. The van der Waals surface area contributed by atoms with E-state index in [9.17, 15) is 0 Å². The zero-order valence-electron chi connectivity index (χ0n) is 14.8. The molecule has 1 aromatic carbocycles. The zero-order chi connectivity index (χ0) is 17.4. The van der Waals surface area contributed by atoms with Crippen molar-refractivity contribution >= 4 is 0 Å². The van der Waals surface area contributed by atoms with E-state index in [1.165, 1.54) is 31.5 Å². The first-order valence-corrected chi connectivity index (χ1v) is 9.42. The second-order valence-corrected chi connectivity index (χ2v) is 7.62. The van der Waals surface area contributed by atoms with E-state index in [4.69, 9.17) is 9.51 Å². The van der Waals surface area contributed by atoms with Crippen LogP contribution in [0.3, 0.4) is 0 Å². The lowest BCUT2D eigenvalue weighted by atomic mass is 9.73. The predicted octanol–water partition coefficient (Wildman–Crippen LogP) is 3.11. The molecule has 0 radical (unpaired) electrons. The number of imidazole rings is 1. The van der Waals surface area contributed by atoms with Crippen LogP contribution >= 0.6 is 0 Å². The highest BCUT2D eigenvalue weighted by atomic mass is 16.5. The third-order valence-corrected chi connectivity index (χ3v) is 5.77. The van der Waals surface area contributed by atoms with Crippen LogP contribution < -0.4 is 0 Å². The van der Waals surface area contributed by atoms with Gasteiger partial charge in [0, 0.05) is 31.0 Å². The standard InChI is InChI=1S/C20H23N5O/c1-4-16(13-25-11-8-21-15-25)12-17(5-1)18-22-19(26-23-18)20-6-2-9-24(14-20)10-3-7-20/h1,4-5,8,11-12,15H,2-3,6-7,9-10,13-14H2. The van der Waals surface area contributed by atoms with E-state index >= 15 is 0 Å². The zero-order valence-corrected chi connectivity index (χ0v) is 14.8. The second kappa shape index (κ2) is 6.36. The van der Waals surface area contributed by atoms with Crippen LogP contribution in [-0.2, 0) is 12.0 Å². The molecular weight excluding hydrogens is 326 g/mol. The van der Waals surface area contributed by atoms with Gasteiger partial charge in [-0.3, -0.25) is 0 Å². The van der Waals surface area contributed by atoms with Crippen molar-refractivity contribution < 1.29 is 4.52 Å².